The van der Waals surface area contributed by atoms with Crippen LogP contribution in [0, 0.1) is 0 Å². The smallest absolute Gasteiger partial charge is 0.252 e. The van der Waals surface area contributed by atoms with Crippen molar-refractivity contribution >= 4 is 10.9 Å². The van der Waals surface area contributed by atoms with Crippen molar-refractivity contribution in [2.45, 2.75) is 109 Å². The van der Waals surface area contributed by atoms with Crippen LogP contribution < -0.4 is 5.56 Å². The molecular weight excluding hydrogens is 424 g/mol. The molecule has 0 aliphatic heterocycles. The summed E-state index contributed by atoms with van der Waals surface area (Å²) in [5, 5.41) is 14.2. The Hall–Kier alpha value is -2.54. The molecule has 7 nitrogen and oxygen atoms in total. The van der Waals surface area contributed by atoms with Crippen molar-refractivity contribution in [3.8, 4) is 0 Å². The molecule has 0 saturated heterocycles. The molecule has 7 heteroatoms. The zero-order valence-corrected chi connectivity index (χ0v) is 20.7. The number of pyridine rings is 1. The molecule has 2 aliphatic rings. The summed E-state index contributed by atoms with van der Waals surface area (Å²) in [5.74, 6) is 0.977. The van der Waals surface area contributed by atoms with E-state index in [9.17, 15) is 4.79 Å². The van der Waals surface area contributed by atoms with E-state index in [0.717, 1.165) is 48.0 Å². The third-order valence-electron chi connectivity index (χ3n) is 8.06. The topological polar surface area (TPSA) is 79.7 Å². The lowest BCUT2D eigenvalue weighted by molar-refractivity contribution is 0.0830. The van der Waals surface area contributed by atoms with Gasteiger partial charge in [0.05, 0.1) is 12.1 Å². The molecule has 34 heavy (non-hydrogen) atoms. The summed E-state index contributed by atoms with van der Waals surface area (Å²) in [6.45, 7) is 5.02. The van der Waals surface area contributed by atoms with Crippen molar-refractivity contribution in [3.05, 3.63) is 51.6 Å². The molecule has 1 aromatic carbocycles. The number of tetrazole rings is 1. The average molecular weight is 463 g/mol. The summed E-state index contributed by atoms with van der Waals surface area (Å²) < 4.78 is 2.11. The fraction of sp³-hybridized carbons (Fsp3) is 0.630. The van der Waals surface area contributed by atoms with Crippen molar-refractivity contribution in [2.24, 2.45) is 0 Å². The molecule has 2 aliphatic carbocycles. The quantitative estimate of drug-likeness (QED) is 0.480. The minimum Gasteiger partial charge on any atom is -0.322 e. The fourth-order valence-electron chi connectivity index (χ4n) is 6.14. The number of fused-ring (bicyclic) bond motifs is 1. The molecule has 5 rings (SSSR count). The molecule has 0 spiro atoms. The summed E-state index contributed by atoms with van der Waals surface area (Å²) >= 11 is 0. The van der Waals surface area contributed by atoms with E-state index in [-0.39, 0.29) is 11.6 Å². The summed E-state index contributed by atoms with van der Waals surface area (Å²) in [5.41, 5.74) is 3.05. The minimum atomic E-state index is 0.0165. The molecule has 1 unspecified atom stereocenters. The van der Waals surface area contributed by atoms with Gasteiger partial charge in [-0.3, -0.25) is 9.69 Å². The zero-order valence-electron chi connectivity index (χ0n) is 20.7. The third-order valence-corrected chi connectivity index (χ3v) is 8.06. The maximum absolute atomic E-state index is 13.2. The van der Waals surface area contributed by atoms with Gasteiger partial charge in [-0.25, -0.2) is 4.68 Å². The molecule has 1 atom stereocenters. The monoisotopic (exact) mass is 462 g/mol. The molecule has 2 heterocycles. The van der Waals surface area contributed by atoms with Crippen LogP contribution >= 0.6 is 0 Å². The molecular formula is C27H38N6O. The van der Waals surface area contributed by atoms with Crippen LogP contribution in [0.15, 0.2) is 29.1 Å². The number of aryl methyl sites for hydroxylation is 1. The first-order chi connectivity index (χ1) is 16.7. The summed E-state index contributed by atoms with van der Waals surface area (Å²) in [7, 11) is 0. The molecule has 0 bridgehead atoms. The Morgan fingerprint density at radius 2 is 1.82 bits per heavy atom. The summed E-state index contributed by atoms with van der Waals surface area (Å²) in [6, 6.07) is 9.41. The minimum absolute atomic E-state index is 0.0165. The Balaban J connectivity index is 1.52. The van der Waals surface area contributed by atoms with Gasteiger partial charge in [-0.2, -0.15) is 0 Å². The first-order valence-corrected chi connectivity index (χ1v) is 13.4. The highest BCUT2D eigenvalue weighted by molar-refractivity contribution is 5.79. The summed E-state index contributed by atoms with van der Waals surface area (Å²) in [4.78, 5) is 18.8. The first kappa shape index (κ1) is 23.2. The highest BCUT2D eigenvalue weighted by Crippen LogP contribution is 2.36. The van der Waals surface area contributed by atoms with E-state index < -0.39 is 0 Å². The SMILES string of the molecule is CCc1ccc2[nH]c(=O)c(CN(C3CCCCC3)C(CC)c3nnnn3C3CCCC3)cc2c1. The Morgan fingerprint density at radius 1 is 1.06 bits per heavy atom. The maximum Gasteiger partial charge on any atom is 0.252 e. The van der Waals surface area contributed by atoms with Crippen LogP contribution in [-0.2, 0) is 13.0 Å². The van der Waals surface area contributed by atoms with E-state index in [1.54, 1.807) is 0 Å². The van der Waals surface area contributed by atoms with E-state index in [2.05, 4.69) is 62.1 Å². The second-order valence-corrected chi connectivity index (χ2v) is 10.2. The van der Waals surface area contributed by atoms with Gasteiger partial charge in [0.2, 0.25) is 0 Å². The van der Waals surface area contributed by atoms with Gasteiger partial charge >= 0.3 is 0 Å². The van der Waals surface area contributed by atoms with Crippen LogP contribution in [0.25, 0.3) is 10.9 Å². The Morgan fingerprint density at radius 3 is 2.56 bits per heavy atom. The van der Waals surface area contributed by atoms with Gasteiger partial charge in [0, 0.05) is 23.7 Å². The van der Waals surface area contributed by atoms with Crippen molar-refractivity contribution in [2.75, 3.05) is 0 Å². The second-order valence-electron chi connectivity index (χ2n) is 10.2. The normalized spacial score (nSPS) is 18.8. The number of benzene rings is 1. The fourth-order valence-corrected chi connectivity index (χ4v) is 6.14. The number of nitrogens with zero attached hydrogens (tertiary/aromatic N) is 5. The number of nitrogens with one attached hydrogen (secondary N) is 1. The number of H-pyrrole nitrogens is 1. The molecule has 2 aromatic heterocycles. The van der Waals surface area contributed by atoms with E-state index in [1.807, 2.05) is 6.07 Å². The van der Waals surface area contributed by atoms with Gasteiger partial charge in [-0.05, 0) is 78.1 Å². The standard InChI is InChI=1S/C27H38N6O/c1-3-19-14-15-24-20(16-19)17-21(27(34)28-24)18-32(22-10-6-5-7-11-22)25(4-2)26-29-30-31-33(26)23-12-8-9-13-23/h14-17,22-23,25H,3-13,18H2,1-2H3,(H,28,34). The van der Waals surface area contributed by atoms with Crippen LogP contribution in [0.3, 0.4) is 0 Å². The Labute approximate surface area is 201 Å². The Kier molecular flexibility index (Phi) is 7.09. The number of rotatable bonds is 8. The highest BCUT2D eigenvalue weighted by Gasteiger charge is 2.33. The van der Waals surface area contributed by atoms with Crippen LogP contribution in [-0.4, -0.2) is 36.1 Å². The van der Waals surface area contributed by atoms with Crippen LogP contribution in [0.5, 0.6) is 0 Å². The lowest BCUT2D eigenvalue weighted by Gasteiger charge is -2.39. The number of hydrogen-bond acceptors (Lipinski definition) is 5. The van der Waals surface area contributed by atoms with Crippen LogP contribution in [0.2, 0.25) is 0 Å². The van der Waals surface area contributed by atoms with Crippen LogP contribution in [0.4, 0.5) is 0 Å². The highest BCUT2D eigenvalue weighted by atomic mass is 16.1. The van der Waals surface area contributed by atoms with Gasteiger partial charge < -0.3 is 4.98 Å². The zero-order chi connectivity index (χ0) is 23.5. The molecule has 1 N–H and O–H groups in total. The molecule has 0 radical (unpaired) electrons. The van der Waals surface area contributed by atoms with Crippen molar-refractivity contribution in [1.82, 2.24) is 30.1 Å². The molecule has 2 saturated carbocycles. The van der Waals surface area contributed by atoms with E-state index in [0.29, 0.717) is 18.6 Å². The molecule has 182 valence electrons. The Bertz CT molecular complexity index is 1160. The van der Waals surface area contributed by atoms with Crippen molar-refractivity contribution < 1.29 is 0 Å². The van der Waals surface area contributed by atoms with Gasteiger partial charge in [0.1, 0.15) is 0 Å². The predicted octanol–water partition coefficient (Wildman–Crippen LogP) is 5.48. The average Bonchev–Trinajstić information content (AvgIpc) is 3.57. The number of aromatic nitrogens is 5. The van der Waals surface area contributed by atoms with E-state index >= 15 is 0 Å². The predicted molar refractivity (Wildman–Crippen MR) is 135 cm³/mol. The van der Waals surface area contributed by atoms with Gasteiger partial charge in [-0.1, -0.05) is 52.0 Å². The van der Waals surface area contributed by atoms with Crippen molar-refractivity contribution in [3.63, 3.8) is 0 Å². The van der Waals surface area contributed by atoms with Gasteiger partial charge in [0.15, 0.2) is 5.82 Å². The van der Waals surface area contributed by atoms with Crippen LogP contribution in [0.1, 0.15) is 107 Å². The van der Waals surface area contributed by atoms with Gasteiger partial charge in [0.25, 0.3) is 5.56 Å². The van der Waals surface area contributed by atoms with E-state index in [4.69, 9.17) is 0 Å². The maximum atomic E-state index is 13.2. The second kappa shape index (κ2) is 10.4. The molecule has 3 aromatic rings. The molecule has 0 amide bonds. The lowest BCUT2D eigenvalue weighted by atomic mass is 9.92. The number of hydrogen-bond donors (Lipinski definition) is 1. The van der Waals surface area contributed by atoms with E-state index in [1.165, 1.54) is 50.5 Å². The van der Waals surface area contributed by atoms with Crippen molar-refractivity contribution in [1.29, 1.82) is 0 Å². The third kappa shape index (κ3) is 4.67. The number of aromatic amines is 1. The lowest BCUT2D eigenvalue weighted by Crippen LogP contribution is -2.41. The molecule has 2 fully saturated rings. The first-order valence-electron chi connectivity index (χ1n) is 13.4. The summed E-state index contributed by atoms with van der Waals surface area (Å²) in [6.07, 6.45) is 12.9. The van der Waals surface area contributed by atoms with Gasteiger partial charge in [-0.15, -0.1) is 5.10 Å². The largest absolute Gasteiger partial charge is 0.322 e.